The fourth-order valence-electron chi connectivity index (χ4n) is 3.28. The van der Waals surface area contributed by atoms with Gasteiger partial charge in [-0.1, -0.05) is 43.2 Å². The molecule has 0 unspecified atom stereocenters. The van der Waals surface area contributed by atoms with Crippen molar-refractivity contribution < 1.29 is 13.2 Å². The van der Waals surface area contributed by atoms with E-state index in [1.807, 2.05) is 31.2 Å². The van der Waals surface area contributed by atoms with Gasteiger partial charge >= 0.3 is 0 Å². The molecule has 0 aliphatic rings. The number of sulfonamides is 1. The SMILES string of the molecule is CCCCc1ccc(NC(=O)c2cnn(C)c2N(C)S(=O)(=O)c2ccc(C)cc2)cc1. The summed E-state index contributed by atoms with van der Waals surface area (Å²) in [6.07, 6.45) is 4.62. The molecule has 0 fully saturated rings. The summed E-state index contributed by atoms with van der Waals surface area (Å²) >= 11 is 0. The van der Waals surface area contributed by atoms with E-state index in [0.717, 1.165) is 29.1 Å². The van der Waals surface area contributed by atoms with Gasteiger partial charge in [-0.2, -0.15) is 5.10 Å². The van der Waals surface area contributed by atoms with Crippen molar-refractivity contribution in [3.63, 3.8) is 0 Å². The number of benzene rings is 2. The highest BCUT2D eigenvalue weighted by molar-refractivity contribution is 7.92. The average Bonchev–Trinajstić information content (AvgIpc) is 3.14. The first-order valence-electron chi connectivity index (χ1n) is 10.2. The van der Waals surface area contributed by atoms with Crippen LogP contribution in [-0.2, 0) is 23.5 Å². The lowest BCUT2D eigenvalue weighted by atomic mass is 10.1. The van der Waals surface area contributed by atoms with Crippen molar-refractivity contribution in [2.24, 2.45) is 7.05 Å². The molecule has 1 N–H and O–H groups in total. The summed E-state index contributed by atoms with van der Waals surface area (Å²) in [5.74, 6) is -0.229. The molecule has 0 bridgehead atoms. The first-order valence-corrected chi connectivity index (χ1v) is 11.7. The highest BCUT2D eigenvalue weighted by Gasteiger charge is 2.28. The summed E-state index contributed by atoms with van der Waals surface area (Å²) in [5.41, 5.74) is 2.99. The molecule has 0 atom stereocenters. The second kappa shape index (κ2) is 9.34. The van der Waals surface area contributed by atoms with Crippen LogP contribution in [0.1, 0.15) is 41.3 Å². The zero-order chi connectivity index (χ0) is 22.6. The van der Waals surface area contributed by atoms with Gasteiger partial charge in [-0.25, -0.2) is 8.42 Å². The minimum atomic E-state index is -3.85. The number of unbranched alkanes of at least 4 members (excludes halogenated alkanes) is 1. The maximum absolute atomic E-state index is 13.1. The molecule has 0 saturated heterocycles. The fourth-order valence-corrected chi connectivity index (χ4v) is 4.52. The number of nitrogens with zero attached hydrogens (tertiary/aromatic N) is 3. The molecular formula is C23H28N4O3S. The Morgan fingerprint density at radius 1 is 1.10 bits per heavy atom. The quantitative estimate of drug-likeness (QED) is 0.570. The molecule has 3 rings (SSSR count). The number of anilines is 2. The minimum Gasteiger partial charge on any atom is -0.322 e. The largest absolute Gasteiger partial charge is 0.322 e. The smallest absolute Gasteiger partial charge is 0.265 e. The lowest BCUT2D eigenvalue weighted by Gasteiger charge is -2.21. The van der Waals surface area contributed by atoms with Crippen LogP contribution in [0.4, 0.5) is 11.5 Å². The summed E-state index contributed by atoms with van der Waals surface area (Å²) < 4.78 is 28.7. The second-order valence-electron chi connectivity index (χ2n) is 7.55. The molecule has 8 heteroatoms. The van der Waals surface area contributed by atoms with Crippen LogP contribution in [0.3, 0.4) is 0 Å². The predicted octanol–water partition coefficient (Wildman–Crippen LogP) is 4.15. The van der Waals surface area contributed by atoms with Crippen LogP contribution in [0.5, 0.6) is 0 Å². The van der Waals surface area contributed by atoms with Gasteiger partial charge in [-0.15, -0.1) is 0 Å². The van der Waals surface area contributed by atoms with Crippen LogP contribution in [0.25, 0.3) is 0 Å². The summed E-state index contributed by atoms with van der Waals surface area (Å²) in [6, 6.07) is 14.3. The highest BCUT2D eigenvalue weighted by Crippen LogP contribution is 2.26. The predicted molar refractivity (Wildman–Crippen MR) is 123 cm³/mol. The number of hydrogen-bond acceptors (Lipinski definition) is 4. The first-order chi connectivity index (χ1) is 14.7. The van der Waals surface area contributed by atoms with E-state index in [4.69, 9.17) is 0 Å². The number of nitrogens with one attached hydrogen (secondary N) is 1. The number of carbonyl (C=O) groups excluding carboxylic acids is 1. The molecule has 1 aromatic heterocycles. The van der Waals surface area contributed by atoms with Crippen molar-refractivity contribution in [2.45, 2.75) is 38.0 Å². The highest BCUT2D eigenvalue weighted by atomic mass is 32.2. The minimum absolute atomic E-state index is 0.149. The Balaban J connectivity index is 1.84. The van der Waals surface area contributed by atoms with E-state index in [2.05, 4.69) is 17.3 Å². The van der Waals surface area contributed by atoms with Gasteiger partial charge in [-0.05, 0) is 49.6 Å². The molecule has 7 nitrogen and oxygen atoms in total. The van der Waals surface area contributed by atoms with E-state index in [9.17, 15) is 13.2 Å². The topological polar surface area (TPSA) is 84.3 Å². The number of aryl methyl sites for hydroxylation is 3. The zero-order valence-electron chi connectivity index (χ0n) is 18.3. The third-order valence-corrected chi connectivity index (χ3v) is 6.92. The molecule has 0 radical (unpaired) electrons. The summed E-state index contributed by atoms with van der Waals surface area (Å²) in [4.78, 5) is 13.1. The van der Waals surface area contributed by atoms with Gasteiger partial charge < -0.3 is 5.32 Å². The molecular weight excluding hydrogens is 412 g/mol. The van der Waals surface area contributed by atoms with E-state index in [1.54, 1.807) is 31.3 Å². The van der Waals surface area contributed by atoms with Crippen LogP contribution in [0.2, 0.25) is 0 Å². The van der Waals surface area contributed by atoms with E-state index < -0.39 is 15.9 Å². The summed E-state index contributed by atoms with van der Waals surface area (Å²) in [7, 11) is -0.823. The lowest BCUT2D eigenvalue weighted by Crippen LogP contribution is -2.30. The van der Waals surface area contributed by atoms with Gasteiger partial charge in [-0.3, -0.25) is 13.8 Å². The number of aromatic nitrogens is 2. The third kappa shape index (κ3) is 4.96. The number of carbonyl (C=O) groups is 1. The van der Waals surface area contributed by atoms with Crippen molar-refractivity contribution in [1.29, 1.82) is 0 Å². The van der Waals surface area contributed by atoms with Crippen molar-refractivity contribution in [2.75, 3.05) is 16.7 Å². The van der Waals surface area contributed by atoms with Crippen molar-refractivity contribution in [3.8, 4) is 0 Å². The van der Waals surface area contributed by atoms with E-state index in [-0.39, 0.29) is 16.3 Å². The van der Waals surface area contributed by atoms with E-state index in [1.165, 1.54) is 23.5 Å². The third-order valence-electron chi connectivity index (χ3n) is 5.16. The molecule has 31 heavy (non-hydrogen) atoms. The van der Waals surface area contributed by atoms with E-state index >= 15 is 0 Å². The summed E-state index contributed by atoms with van der Waals surface area (Å²) in [6.45, 7) is 4.04. The number of amides is 1. The first kappa shape index (κ1) is 22.6. The standard InChI is InChI=1S/C23H28N4O3S/c1-5-6-7-18-10-12-19(13-11-18)25-22(28)21-16-24-26(3)23(21)27(4)31(29,30)20-14-8-17(2)9-15-20/h8-16H,5-7H2,1-4H3,(H,25,28). The second-order valence-corrected chi connectivity index (χ2v) is 9.51. The van der Waals surface area contributed by atoms with Crippen LogP contribution < -0.4 is 9.62 Å². The van der Waals surface area contributed by atoms with Gasteiger partial charge in [0.1, 0.15) is 5.56 Å². The Morgan fingerprint density at radius 2 is 1.74 bits per heavy atom. The molecule has 1 heterocycles. The Kier molecular flexibility index (Phi) is 6.80. The van der Waals surface area contributed by atoms with Crippen LogP contribution >= 0.6 is 0 Å². The van der Waals surface area contributed by atoms with Crippen LogP contribution in [0, 0.1) is 6.92 Å². The number of rotatable bonds is 8. The monoisotopic (exact) mass is 440 g/mol. The van der Waals surface area contributed by atoms with Gasteiger partial charge in [0.15, 0.2) is 5.82 Å². The van der Waals surface area contributed by atoms with Gasteiger partial charge in [0, 0.05) is 19.8 Å². The molecule has 0 spiro atoms. The van der Waals surface area contributed by atoms with Crippen LogP contribution in [-0.4, -0.2) is 31.2 Å². The zero-order valence-corrected chi connectivity index (χ0v) is 19.1. The van der Waals surface area contributed by atoms with Gasteiger partial charge in [0.25, 0.3) is 15.9 Å². The van der Waals surface area contributed by atoms with Crippen molar-refractivity contribution >= 4 is 27.4 Å². The Labute approximate surface area is 183 Å². The maximum atomic E-state index is 13.1. The molecule has 164 valence electrons. The molecule has 3 aromatic rings. The Morgan fingerprint density at radius 3 is 2.35 bits per heavy atom. The van der Waals surface area contributed by atoms with Crippen LogP contribution in [0.15, 0.2) is 59.6 Å². The number of hydrogen-bond donors (Lipinski definition) is 1. The maximum Gasteiger partial charge on any atom is 0.265 e. The molecule has 0 aliphatic carbocycles. The fraction of sp³-hybridized carbons (Fsp3) is 0.304. The van der Waals surface area contributed by atoms with E-state index in [0.29, 0.717) is 5.69 Å². The van der Waals surface area contributed by atoms with Gasteiger partial charge in [0.2, 0.25) is 0 Å². The van der Waals surface area contributed by atoms with Gasteiger partial charge in [0.05, 0.1) is 11.1 Å². The molecule has 0 saturated carbocycles. The Bertz CT molecular complexity index is 1150. The lowest BCUT2D eigenvalue weighted by molar-refractivity contribution is 0.102. The average molecular weight is 441 g/mol. The van der Waals surface area contributed by atoms with Crippen molar-refractivity contribution in [3.05, 3.63) is 71.4 Å². The molecule has 1 amide bonds. The normalized spacial score (nSPS) is 11.4. The molecule has 0 aliphatic heterocycles. The van der Waals surface area contributed by atoms with Crippen molar-refractivity contribution in [1.82, 2.24) is 9.78 Å². The summed E-state index contributed by atoms with van der Waals surface area (Å²) in [5, 5.41) is 6.95. The Hall–Kier alpha value is -3.13. The molecule has 2 aromatic carbocycles.